The number of hydrogen-bond donors (Lipinski definition) is 2. The summed E-state index contributed by atoms with van der Waals surface area (Å²) >= 11 is 0. The van der Waals surface area contributed by atoms with E-state index in [1.807, 2.05) is 42.5 Å². The first-order chi connectivity index (χ1) is 12.5. The van der Waals surface area contributed by atoms with Crippen LogP contribution < -0.4 is 4.72 Å². The number of hydrogen-bond acceptors (Lipinski definition) is 3. The van der Waals surface area contributed by atoms with E-state index in [2.05, 4.69) is 10.8 Å². The van der Waals surface area contributed by atoms with Gasteiger partial charge in [-0.25, -0.2) is 13.1 Å². The first-order valence-electron chi connectivity index (χ1n) is 8.74. The highest BCUT2D eigenvalue weighted by Gasteiger charge is 2.33. The number of rotatable bonds is 4. The Labute approximate surface area is 153 Å². The molecule has 0 aliphatic heterocycles. The van der Waals surface area contributed by atoms with E-state index in [0.717, 1.165) is 17.4 Å². The van der Waals surface area contributed by atoms with E-state index in [9.17, 15) is 13.5 Å². The Morgan fingerprint density at radius 1 is 0.923 bits per heavy atom. The highest BCUT2D eigenvalue weighted by atomic mass is 32.2. The minimum absolute atomic E-state index is 0.00683. The molecule has 1 aliphatic carbocycles. The van der Waals surface area contributed by atoms with E-state index >= 15 is 0 Å². The quantitative estimate of drug-likeness (QED) is 0.745. The highest BCUT2D eigenvalue weighted by Crippen LogP contribution is 2.29. The molecule has 0 amide bonds. The van der Waals surface area contributed by atoms with E-state index in [-0.39, 0.29) is 11.4 Å². The van der Waals surface area contributed by atoms with Crippen molar-refractivity contribution >= 4 is 20.8 Å². The summed E-state index contributed by atoms with van der Waals surface area (Å²) in [5.41, 5.74) is 1.26. The second-order valence-electron chi connectivity index (χ2n) is 6.97. The van der Waals surface area contributed by atoms with Crippen molar-refractivity contribution in [3.63, 3.8) is 0 Å². The largest absolute Gasteiger partial charge is 0.388 e. The van der Waals surface area contributed by atoms with Crippen LogP contribution in [0, 0.1) is 0 Å². The normalized spacial score (nSPS) is 20.0. The lowest BCUT2D eigenvalue weighted by Crippen LogP contribution is -2.46. The molecule has 1 aliphatic rings. The average Bonchev–Trinajstić information content (AvgIpc) is 2.66. The van der Waals surface area contributed by atoms with Crippen molar-refractivity contribution < 1.29 is 13.5 Å². The number of aliphatic hydroxyl groups is 1. The number of aryl methyl sites for hydroxylation is 1. The minimum Gasteiger partial charge on any atom is -0.388 e. The monoisotopic (exact) mass is 367 g/mol. The Morgan fingerprint density at radius 2 is 1.62 bits per heavy atom. The Balaban J connectivity index is 1.57. The van der Waals surface area contributed by atoms with Crippen LogP contribution in [-0.2, 0) is 22.9 Å². The number of sulfonamides is 1. The third-order valence-electron chi connectivity index (χ3n) is 5.13. The first kappa shape index (κ1) is 17.2. The van der Waals surface area contributed by atoms with Crippen LogP contribution in [0.3, 0.4) is 0 Å². The summed E-state index contributed by atoms with van der Waals surface area (Å²) in [4.78, 5) is 0.246. The molecule has 0 fully saturated rings. The zero-order valence-electron chi connectivity index (χ0n) is 14.4. The molecule has 26 heavy (non-hydrogen) atoms. The summed E-state index contributed by atoms with van der Waals surface area (Å²) in [5.74, 6) is 0. The molecule has 0 aromatic heterocycles. The Morgan fingerprint density at radius 3 is 2.46 bits per heavy atom. The molecule has 3 aromatic carbocycles. The van der Waals surface area contributed by atoms with Gasteiger partial charge in [0.05, 0.1) is 10.5 Å². The van der Waals surface area contributed by atoms with Crippen LogP contribution in [0.4, 0.5) is 0 Å². The molecule has 3 aromatic rings. The van der Waals surface area contributed by atoms with Gasteiger partial charge in [0, 0.05) is 18.4 Å². The molecule has 0 heterocycles. The van der Waals surface area contributed by atoms with Gasteiger partial charge in [-0.3, -0.25) is 0 Å². The standard InChI is InChI=1S/C21H21NO3S/c23-21(13-12-16-6-1-2-8-18(16)14-21)15-22-26(24,25)20-11-5-9-17-7-3-4-10-19(17)20/h1-11,22-23H,12-15H2/t21-/m1/s1. The van der Waals surface area contributed by atoms with Crippen molar-refractivity contribution in [1.29, 1.82) is 0 Å². The topological polar surface area (TPSA) is 66.4 Å². The van der Waals surface area contributed by atoms with E-state index in [1.54, 1.807) is 18.2 Å². The molecule has 5 heteroatoms. The maximum absolute atomic E-state index is 12.9. The Bertz CT molecular complexity index is 1060. The number of nitrogens with one attached hydrogen (secondary N) is 1. The van der Waals surface area contributed by atoms with Gasteiger partial charge in [0.25, 0.3) is 0 Å². The van der Waals surface area contributed by atoms with Gasteiger partial charge in [0.15, 0.2) is 0 Å². The summed E-state index contributed by atoms with van der Waals surface area (Å²) in [5, 5.41) is 12.5. The van der Waals surface area contributed by atoms with E-state index in [1.165, 1.54) is 5.56 Å². The van der Waals surface area contributed by atoms with Gasteiger partial charge in [-0.15, -0.1) is 0 Å². The fourth-order valence-electron chi connectivity index (χ4n) is 3.67. The summed E-state index contributed by atoms with van der Waals surface area (Å²) in [6.45, 7) is 0.00683. The molecule has 4 nitrogen and oxygen atoms in total. The van der Waals surface area contributed by atoms with Crippen molar-refractivity contribution in [1.82, 2.24) is 4.72 Å². The van der Waals surface area contributed by atoms with Gasteiger partial charge in [0.2, 0.25) is 10.0 Å². The Hall–Kier alpha value is -2.21. The fraction of sp³-hybridized carbons (Fsp3) is 0.238. The van der Waals surface area contributed by atoms with Gasteiger partial charge in [0.1, 0.15) is 0 Å². The molecule has 4 rings (SSSR count). The molecule has 0 radical (unpaired) electrons. The number of fused-ring (bicyclic) bond motifs is 2. The summed E-state index contributed by atoms with van der Waals surface area (Å²) in [6.07, 6.45) is 1.76. The van der Waals surface area contributed by atoms with E-state index in [4.69, 9.17) is 0 Å². The SMILES string of the molecule is O=S(=O)(NC[C@@]1(O)CCc2ccccc2C1)c1cccc2ccccc12. The zero-order chi connectivity index (χ0) is 18.2. The van der Waals surface area contributed by atoms with Gasteiger partial charge in [-0.1, -0.05) is 60.7 Å². The van der Waals surface area contributed by atoms with Crippen molar-refractivity contribution in [2.24, 2.45) is 0 Å². The molecule has 0 saturated heterocycles. The van der Waals surface area contributed by atoms with E-state index < -0.39 is 15.6 Å². The molecule has 0 unspecified atom stereocenters. The van der Waals surface area contributed by atoms with Gasteiger partial charge in [-0.2, -0.15) is 0 Å². The smallest absolute Gasteiger partial charge is 0.241 e. The summed E-state index contributed by atoms with van der Waals surface area (Å²) in [6, 6.07) is 20.6. The van der Waals surface area contributed by atoms with Crippen LogP contribution in [-0.4, -0.2) is 25.7 Å². The maximum atomic E-state index is 12.9. The molecule has 0 saturated carbocycles. The maximum Gasteiger partial charge on any atom is 0.241 e. The zero-order valence-corrected chi connectivity index (χ0v) is 15.2. The molecule has 1 atom stereocenters. The molecule has 0 spiro atoms. The lowest BCUT2D eigenvalue weighted by Gasteiger charge is -2.33. The fourth-order valence-corrected chi connectivity index (χ4v) is 5.02. The summed E-state index contributed by atoms with van der Waals surface area (Å²) < 4.78 is 28.3. The van der Waals surface area contributed by atoms with Crippen molar-refractivity contribution in [2.75, 3.05) is 6.54 Å². The van der Waals surface area contributed by atoms with Gasteiger partial charge < -0.3 is 5.11 Å². The molecule has 134 valence electrons. The molecular formula is C21H21NO3S. The van der Waals surface area contributed by atoms with Gasteiger partial charge >= 0.3 is 0 Å². The Kier molecular flexibility index (Phi) is 4.31. The highest BCUT2D eigenvalue weighted by molar-refractivity contribution is 7.89. The molecule has 2 N–H and O–H groups in total. The average molecular weight is 367 g/mol. The summed E-state index contributed by atoms with van der Waals surface area (Å²) in [7, 11) is -3.71. The van der Waals surface area contributed by atoms with E-state index in [0.29, 0.717) is 18.2 Å². The number of benzene rings is 3. The predicted molar refractivity (Wildman–Crippen MR) is 103 cm³/mol. The first-order valence-corrected chi connectivity index (χ1v) is 10.2. The second-order valence-corrected chi connectivity index (χ2v) is 8.71. The van der Waals surface area contributed by atoms with Crippen LogP contribution in [0.2, 0.25) is 0 Å². The van der Waals surface area contributed by atoms with Crippen LogP contribution in [0.15, 0.2) is 71.6 Å². The third-order valence-corrected chi connectivity index (χ3v) is 6.59. The lowest BCUT2D eigenvalue weighted by atomic mass is 9.80. The second kappa shape index (κ2) is 6.50. The molecule has 0 bridgehead atoms. The third kappa shape index (κ3) is 3.26. The lowest BCUT2D eigenvalue weighted by molar-refractivity contribution is 0.0317. The van der Waals surface area contributed by atoms with Crippen molar-refractivity contribution in [2.45, 2.75) is 29.8 Å². The predicted octanol–water partition coefficient (Wildman–Crippen LogP) is 3.04. The van der Waals surface area contributed by atoms with Crippen LogP contribution >= 0.6 is 0 Å². The molecular weight excluding hydrogens is 346 g/mol. The van der Waals surface area contributed by atoms with Gasteiger partial charge in [-0.05, 0) is 35.4 Å². The minimum atomic E-state index is -3.71. The van der Waals surface area contributed by atoms with Crippen LogP contribution in [0.5, 0.6) is 0 Å². The van der Waals surface area contributed by atoms with Crippen LogP contribution in [0.1, 0.15) is 17.5 Å². The van der Waals surface area contributed by atoms with Crippen LogP contribution in [0.25, 0.3) is 10.8 Å². The van der Waals surface area contributed by atoms with Crippen molar-refractivity contribution in [3.8, 4) is 0 Å². The van der Waals surface area contributed by atoms with Crippen molar-refractivity contribution in [3.05, 3.63) is 77.9 Å².